The van der Waals surface area contributed by atoms with Crippen molar-refractivity contribution in [2.75, 3.05) is 44.6 Å². The van der Waals surface area contributed by atoms with Gasteiger partial charge in [0.2, 0.25) is 17.6 Å². The third-order valence-corrected chi connectivity index (χ3v) is 6.90. The van der Waals surface area contributed by atoms with Crippen molar-refractivity contribution in [3.8, 4) is 11.4 Å². The number of nitrogens with zero attached hydrogens (tertiary/aromatic N) is 5. The van der Waals surface area contributed by atoms with Crippen LogP contribution in [0.3, 0.4) is 0 Å². The van der Waals surface area contributed by atoms with Crippen LogP contribution in [0, 0.1) is 12.8 Å². The topological polar surface area (TPSA) is 94.8 Å². The highest BCUT2D eigenvalue weighted by atomic mass is 16.5. The van der Waals surface area contributed by atoms with Gasteiger partial charge in [0.05, 0.1) is 12.5 Å². The Hall–Kier alpha value is -3.72. The standard InChI is InChI=1S/C27H32N6O3/c1-20-9-11-21(12-10-20)25-29-24(36-30-25)19-31-14-16-32(17-15-31)26(34)22-6-5-13-33(18-22)27(35)28-23-7-3-2-4-8-23/h2-4,7-12,22H,5-6,13-19H2,1H3,(H,28,35). The molecule has 0 spiro atoms. The smallest absolute Gasteiger partial charge is 0.321 e. The van der Waals surface area contributed by atoms with E-state index in [-0.39, 0.29) is 17.9 Å². The molecule has 2 aromatic carbocycles. The van der Waals surface area contributed by atoms with Crippen LogP contribution in [0.15, 0.2) is 59.1 Å². The number of piperazine rings is 1. The van der Waals surface area contributed by atoms with Gasteiger partial charge in [0.25, 0.3) is 0 Å². The summed E-state index contributed by atoms with van der Waals surface area (Å²) in [5.74, 6) is 1.17. The van der Waals surface area contributed by atoms with Gasteiger partial charge in [-0.05, 0) is 31.9 Å². The monoisotopic (exact) mass is 488 g/mol. The molecular weight excluding hydrogens is 456 g/mol. The maximum Gasteiger partial charge on any atom is 0.321 e. The van der Waals surface area contributed by atoms with Crippen LogP contribution < -0.4 is 5.32 Å². The van der Waals surface area contributed by atoms with Gasteiger partial charge >= 0.3 is 6.03 Å². The molecule has 0 bridgehead atoms. The molecule has 9 nitrogen and oxygen atoms in total. The minimum Gasteiger partial charge on any atom is -0.340 e. The molecule has 9 heteroatoms. The Morgan fingerprint density at radius 2 is 1.72 bits per heavy atom. The molecule has 2 aliphatic rings. The number of benzene rings is 2. The number of aryl methyl sites for hydroxylation is 1. The number of rotatable bonds is 5. The van der Waals surface area contributed by atoms with Crippen LogP contribution in [0.25, 0.3) is 11.4 Å². The fraction of sp³-hybridized carbons (Fsp3) is 0.407. The van der Waals surface area contributed by atoms with Crippen molar-refractivity contribution in [2.45, 2.75) is 26.3 Å². The number of urea groups is 1. The predicted molar refractivity (Wildman–Crippen MR) is 136 cm³/mol. The molecular formula is C27H32N6O3. The number of hydrogen-bond acceptors (Lipinski definition) is 6. The van der Waals surface area contributed by atoms with Crippen molar-refractivity contribution < 1.29 is 14.1 Å². The Bertz CT molecular complexity index is 1170. The first-order valence-electron chi connectivity index (χ1n) is 12.6. The average molecular weight is 489 g/mol. The lowest BCUT2D eigenvalue weighted by Crippen LogP contribution is -2.53. The summed E-state index contributed by atoms with van der Waals surface area (Å²) in [4.78, 5) is 36.4. The lowest BCUT2D eigenvalue weighted by Gasteiger charge is -2.38. The zero-order valence-corrected chi connectivity index (χ0v) is 20.6. The minimum absolute atomic E-state index is 0.145. The van der Waals surface area contributed by atoms with Gasteiger partial charge in [-0.25, -0.2) is 4.79 Å². The number of amides is 3. The molecule has 3 amide bonds. The Morgan fingerprint density at radius 3 is 2.47 bits per heavy atom. The Labute approximate surface area is 211 Å². The van der Waals surface area contributed by atoms with E-state index in [0.29, 0.717) is 44.4 Å². The van der Waals surface area contributed by atoms with E-state index in [2.05, 4.69) is 20.4 Å². The molecule has 2 saturated heterocycles. The van der Waals surface area contributed by atoms with E-state index in [9.17, 15) is 9.59 Å². The number of carbonyl (C=O) groups excluding carboxylic acids is 2. The van der Waals surface area contributed by atoms with Crippen molar-refractivity contribution in [3.63, 3.8) is 0 Å². The van der Waals surface area contributed by atoms with E-state index in [1.807, 2.05) is 66.4 Å². The van der Waals surface area contributed by atoms with Crippen LogP contribution in [-0.4, -0.2) is 76.0 Å². The molecule has 1 N–H and O–H groups in total. The van der Waals surface area contributed by atoms with Crippen LogP contribution in [0.1, 0.15) is 24.3 Å². The molecule has 2 aliphatic heterocycles. The molecule has 3 heterocycles. The predicted octanol–water partition coefficient (Wildman–Crippen LogP) is 3.63. The maximum absolute atomic E-state index is 13.2. The lowest BCUT2D eigenvalue weighted by atomic mass is 9.96. The largest absolute Gasteiger partial charge is 0.340 e. The summed E-state index contributed by atoms with van der Waals surface area (Å²) >= 11 is 0. The molecule has 5 rings (SSSR count). The third kappa shape index (κ3) is 5.73. The highest BCUT2D eigenvalue weighted by Gasteiger charge is 2.33. The second-order valence-electron chi connectivity index (χ2n) is 9.56. The molecule has 0 saturated carbocycles. The van der Waals surface area contributed by atoms with Crippen LogP contribution in [0.4, 0.5) is 10.5 Å². The van der Waals surface area contributed by atoms with Crippen LogP contribution in [0.2, 0.25) is 0 Å². The highest BCUT2D eigenvalue weighted by molar-refractivity contribution is 5.90. The van der Waals surface area contributed by atoms with Gasteiger partial charge in [-0.15, -0.1) is 0 Å². The summed E-state index contributed by atoms with van der Waals surface area (Å²) in [6.45, 7) is 6.56. The first kappa shape index (κ1) is 24.0. The van der Waals surface area contributed by atoms with Crippen LogP contribution in [-0.2, 0) is 11.3 Å². The summed E-state index contributed by atoms with van der Waals surface area (Å²) in [5, 5.41) is 7.05. The van der Waals surface area contributed by atoms with Gasteiger partial charge in [0, 0.05) is 50.5 Å². The van der Waals surface area contributed by atoms with Gasteiger partial charge in [-0.2, -0.15) is 4.98 Å². The maximum atomic E-state index is 13.2. The van der Waals surface area contributed by atoms with Crippen molar-refractivity contribution in [3.05, 3.63) is 66.1 Å². The summed E-state index contributed by atoms with van der Waals surface area (Å²) in [6, 6.07) is 17.3. The number of para-hydroxylation sites is 1. The van der Waals surface area contributed by atoms with Crippen LogP contribution in [0.5, 0.6) is 0 Å². The highest BCUT2D eigenvalue weighted by Crippen LogP contribution is 2.22. The summed E-state index contributed by atoms with van der Waals surface area (Å²) in [5.41, 5.74) is 2.88. The molecule has 36 heavy (non-hydrogen) atoms. The molecule has 2 fully saturated rings. The normalized spacial score (nSPS) is 18.8. The number of hydrogen-bond donors (Lipinski definition) is 1. The number of nitrogens with one attached hydrogen (secondary N) is 1. The van der Waals surface area contributed by atoms with Gasteiger partial charge in [-0.1, -0.05) is 53.2 Å². The number of aromatic nitrogens is 2. The third-order valence-electron chi connectivity index (χ3n) is 6.90. The molecule has 0 radical (unpaired) electrons. The van der Waals surface area contributed by atoms with E-state index < -0.39 is 0 Å². The van der Waals surface area contributed by atoms with E-state index in [4.69, 9.17) is 4.52 Å². The summed E-state index contributed by atoms with van der Waals surface area (Å²) < 4.78 is 5.47. The number of anilines is 1. The quantitative estimate of drug-likeness (QED) is 0.589. The summed E-state index contributed by atoms with van der Waals surface area (Å²) in [7, 11) is 0. The van der Waals surface area contributed by atoms with Crippen molar-refractivity contribution >= 4 is 17.6 Å². The van der Waals surface area contributed by atoms with E-state index >= 15 is 0 Å². The average Bonchev–Trinajstić information content (AvgIpc) is 3.38. The van der Waals surface area contributed by atoms with Crippen LogP contribution >= 0.6 is 0 Å². The zero-order valence-electron chi connectivity index (χ0n) is 20.6. The zero-order chi connectivity index (χ0) is 24.9. The van der Waals surface area contributed by atoms with Crippen molar-refractivity contribution in [1.29, 1.82) is 0 Å². The van der Waals surface area contributed by atoms with Gasteiger partial charge < -0.3 is 19.6 Å². The fourth-order valence-corrected chi connectivity index (χ4v) is 4.80. The fourth-order valence-electron chi connectivity index (χ4n) is 4.80. The van der Waals surface area contributed by atoms with E-state index in [1.165, 1.54) is 5.56 Å². The Kier molecular flexibility index (Phi) is 7.27. The molecule has 0 aliphatic carbocycles. The second-order valence-corrected chi connectivity index (χ2v) is 9.56. The molecule has 188 valence electrons. The van der Waals surface area contributed by atoms with Crippen molar-refractivity contribution in [2.24, 2.45) is 5.92 Å². The number of likely N-dealkylation sites (tertiary alicyclic amines) is 1. The van der Waals surface area contributed by atoms with E-state index in [1.54, 1.807) is 4.90 Å². The number of carbonyl (C=O) groups is 2. The summed E-state index contributed by atoms with van der Waals surface area (Å²) in [6.07, 6.45) is 1.65. The van der Waals surface area contributed by atoms with Crippen molar-refractivity contribution in [1.82, 2.24) is 24.8 Å². The van der Waals surface area contributed by atoms with Gasteiger partial charge in [-0.3, -0.25) is 9.69 Å². The first-order chi connectivity index (χ1) is 17.5. The molecule has 1 atom stereocenters. The molecule has 1 aromatic heterocycles. The SMILES string of the molecule is Cc1ccc(-c2noc(CN3CCN(C(=O)C4CCCN(C(=O)Nc5ccccc5)C4)CC3)n2)cc1. The van der Waals surface area contributed by atoms with Gasteiger partial charge in [0.15, 0.2) is 0 Å². The lowest BCUT2D eigenvalue weighted by molar-refractivity contribution is -0.138. The minimum atomic E-state index is -0.153. The Morgan fingerprint density at radius 1 is 0.972 bits per heavy atom. The van der Waals surface area contributed by atoms with Gasteiger partial charge in [0.1, 0.15) is 0 Å². The molecule has 3 aromatic rings. The van der Waals surface area contributed by atoms with E-state index in [0.717, 1.165) is 37.2 Å². The number of piperidine rings is 1. The Balaban J connectivity index is 1.10. The molecule has 1 unspecified atom stereocenters. The first-order valence-corrected chi connectivity index (χ1v) is 12.6. The second kappa shape index (κ2) is 10.9.